The average Bonchev–Trinajstić information content (AvgIpc) is 2.86. The van der Waals surface area contributed by atoms with Crippen molar-refractivity contribution in [2.45, 2.75) is 25.9 Å². The van der Waals surface area contributed by atoms with Crippen molar-refractivity contribution in [3.63, 3.8) is 0 Å². The number of nitrogens with one attached hydrogen (secondary N) is 2. The Bertz CT molecular complexity index is 449. The van der Waals surface area contributed by atoms with Gasteiger partial charge in [0.2, 0.25) is 5.91 Å². The summed E-state index contributed by atoms with van der Waals surface area (Å²) in [4.78, 5) is 11.8. The SMILES string of the molecule is Cc1ccc(NC(=O)CNCC2CCCO2)c(Cl)c1.Cl. The summed E-state index contributed by atoms with van der Waals surface area (Å²) in [7, 11) is 0. The first-order chi connectivity index (χ1) is 9.15. The zero-order chi connectivity index (χ0) is 13.7. The maximum absolute atomic E-state index is 11.8. The maximum Gasteiger partial charge on any atom is 0.238 e. The molecule has 0 saturated carbocycles. The smallest absolute Gasteiger partial charge is 0.238 e. The number of aryl methyl sites for hydroxylation is 1. The Labute approximate surface area is 130 Å². The van der Waals surface area contributed by atoms with E-state index in [0.717, 1.165) is 31.6 Å². The van der Waals surface area contributed by atoms with Gasteiger partial charge < -0.3 is 15.4 Å². The molecule has 0 aliphatic carbocycles. The number of hydrogen-bond donors (Lipinski definition) is 2. The van der Waals surface area contributed by atoms with Crippen molar-refractivity contribution >= 4 is 35.6 Å². The highest BCUT2D eigenvalue weighted by atomic mass is 35.5. The van der Waals surface area contributed by atoms with Gasteiger partial charge in [-0.25, -0.2) is 0 Å². The van der Waals surface area contributed by atoms with E-state index in [0.29, 0.717) is 10.7 Å². The molecule has 1 atom stereocenters. The fraction of sp³-hybridized carbons (Fsp3) is 0.500. The van der Waals surface area contributed by atoms with Crippen LogP contribution in [0, 0.1) is 6.92 Å². The molecule has 1 heterocycles. The van der Waals surface area contributed by atoms with Crippen molar-refractivity contribution in [2.24, 2.45) is 0 Å². The molecule has 2 rings (SSSR count). The van der Waals surface area contributed by atoms with E-state index in [9.17, 15) is 4.79 Å². The van der Waals surface area contributed by atoms with Gasteiger partial charge in [-0.05, 0) is 37.5 Å². The number of benzene rings is 1. The number of amides is 1. The molecule has 1 aromatic carbocycles. The number of halogens is 2. The predicted octanol–water partition coefficient (Wildman–Crippen LogP) is 2.78. The minimum atomic E-state index is -0.0937. The first-order valence-electron chi connectivity index (χ1n) is 6.53. The second kappa shape index (κ2) is 8.47. The number of carbonyl (C=O) groups excluding carboxylic acids is 1. The molecule has 4 nitrogen and oxygen atoms in total. The maximum atomic E-state index is 11.8. The number of hydrogen-bond acceptors (Lipinski definition) is 3. The van der Waals surface area contributed by atoms with Gasteiger partial charge in [-0.2, -0.15) is 0 Å². The standard InChI is InChI=1S/C14H19ClN2O2.ClH/c1-10-4-5-13(12(15)7-10)17-14(18)9-16-8-11-3-2-6-19-11;/h4-5,7,11,16H,2-3,6,8-9H2,1H3,(H,17,18);1H. The molecule has 1 aliphatic heterocycles. The van der Waals surface area contributed by atoms with Crippen LogP contribution in [0.15, 0.2) is 18.2 Å². The molecule has 1 unspecified atom stereocenters. The molecule has 0 radical (unpaired) electrons. The van der Waals surface area contributed by atoms with Crippen LogP contribution >= 0.6 is 24.0 Å². The van der Waals surface area contributed by atoms with E-state index in [4.69, 9.17) is 16.3 Å². The van der Waals surface area contributed by atoms with Crippen molar-refractivity contribution in [1.29, 1.82) is 0 Å². The molecule has 1 aliphatic rings. The Kier molecular flexibility index (Phi) is 7.30. The molecule has 20 heavy (non-hydrogen) atoms. The fourth-order valence-corrected chi connectivity index (χ4v) is 2.35. The molecular weight excluding hydrogens is 299 g/mol. The van der Waals surface area contributed by atoms with Crippen LogP contribution in [0.3, 0.4) is 0 Å². The lowest BCUT2D eigenvalue weighted by molar-refractivity contribution is -0.115. The number of anilines is 1. The lowest BCUT2D eigenvalue weighted by Gasteiger charge is -2.11. The highest BCUT2D eigenvalue weighted by Crippen LogP contribution is 2.22. The quantitative estimate of drug-likeness (QED) is 0.877. The minimum Gasteiger partial charge on any atom is -0.377 e. The van der Waals surface area contributed by atoms with Crippen molar-refractivity contribution < 1.29 is 9.53 Å². The average molecular weight is 319 g/mol. The normalized spacial score (nSPS) is 17.6. The molecule has 0 bridgehead atoms. The van der Waals surface area contributed by atoms with Gasteiger partial charge in [-0.15, -0.1) is 12.4 Å². The highest BCUT2D eigenvalue weighted by Gasteiger charge is 2.15. The van der Waals surface area contributed by atoms with Crippen molar-refractivity contribution in [1.82, 2.24) is 5.32 Å². The van der Waals surface area contributed by atoms with E-state index in [1.165, 1.54) is 0 Å². The molecule has 112 valence electrons. The van der Waals surface area contributed by atoms with E-state index < -0.39 is 0 Å². The third-order valence-electron chi connectivity index (χ3n) is 3.08. The van der Waals surface area contributed by atoms with Gasteiger partial charge in [0, 0.05) is 13.2 Å². The fourth-order valence-electron chi connectivity index (χ4n) is 2.07. The molecule has 0 spiro atoms. The van der Waals surface area contributed by atoms with Crippen LogP contribution in [0.5, 0.6) is 0 Å². The highest BCUT2D eigenvalue weighted by molar-refractivity contribution is 6.33. The molecule has 1 amide bonds. The summed E-state index contributed by atoms with van der Waals surface area (Å²) in [5.74, 6) is -0.0937. The Balaban J connectivity index is 0.00000200. The topological polar surface area (TPSA) is 50.4 Å². The van der Waals surface area contributed by atoms with Crippen LogP contribution in [0.2, 0.25) is 5.02 Å². The summed E-state index contributed by atoms with van der Waals surface area (Å²) < 4.78 is 5.47. The molecular formula is C14H20Cl2N2O2. The second-order valence-electron chi connectivity index (χ2n) is 4.80. The summed E-state index contributed by atoms with van der Waals surface area (Å²) >= 11 is 6.06. The molecule has 2 N–H and O–H groups in total. The van der Waals surface area contributed by atoms with Gasteiger partial charge >= 0.3 is 0 Å². The summed E-state index contributed by atoms with van der Waals surface area (Å²) in [5, 5.41) is 6.45. The second-order valence-corrected chi connectivity index (χ2v) is 5.20. The Morgan fingerprint density at radius 3 is 2.95 bits per heavy atom. The third kappa shape index (κ3) is 5.29. The molecule has 0 aromatic heterocycles. The van der Waals surface area contributed by atoms with Crippen LogP contribution in [-0.2, 0) is 9.53 Å². The van der Waals surface area contributed by atoms with Crippen molar-refractivity contribution in [3.05, 3.63) is 28.8 Å². The van der Waals surface area contributed by atoms with E-state index in [2.05, 4.69) is 10.6 Å². The van der Waals surface area contributed by atoms with Crippen molar-refractivity contribution in [3.8, 4) is 0 Å². The Hall–Kier alpha value is -0.810. The molecule has 6 heteroatoms. The Morgan fingerprint density at radius 2 is 2.30 bits per heavy atom. The van der Waals surface area contributed by atoms with Crippen molar-refractivity contribution in [2.75, 3.05) is 25.0 Å². The van der Waals surface area contributed by atoms with Crippen LogP contribution < -0.4 is 10.6 Å². The van der Waals surface area contributed by atoms with Gasteiger partial charge in [0.05, 0.1) is 23.4 Å². The van der Waals surface area contributed by atoms with E-state index in [-0.39, 0.29) is 31.0 Å². The first-order valence-corrected chi connectivity index (χ1v) is 6.91. The predicted molar refractivity (Wildman–Crippen MR) is 83.9 cm³/mol. The van der Waals surface area contributed by atoms with E-state index >= 15 is 0 Å². The monoisotopic (exact) mass is 318 g/mol. The van der Waals surface area contributed by atoms with Gasteiger partial charge in [0.1, 0.15) is 0 Å². The Morgan fingerprint density at radius 1 is 1.50 bits per heavy atom. The number of rotatable bonds is 5. The van der Waals surface area contributed by atoms with Gasteiger partial charge in [-0.1, -0.05) is 17.7 Å². The summed E-state index contributed by atoms with van der Waals surface area (Å²) in [6.07, 6.45) is 2.42. The van der Waals surface area contributed by atoms with Crippen LogP contribution in [0.4, 0.5) is 5.69 Å². The van der Waals surface area contributed by atoms with E-state index in [1.807, 2.05) is 25.1 Å². The van der Waals surface area contributed by atoms with Crippen LogP contribution in [-0.4, -0.2) is 31.7 Å². The van der Waals surface area contributed by atoms with Crippen LogP contribution in [0.1, 0.15) is 18.4 Å². The molecule has 1 aromatic rings. The van der Waals surface area contributed by atoms with E-state index in [1.54, 1.807) is 0 Å². The van der Waals surface area contributed by atoms with Gasteiger partial charge in [0.15, 0.2) is 0 Å². The first kappa shape index (κ1) is 17.2. The largest absolute Gasteiger partial charge is 0.377 e. The number of carbonyl (C=O) groups is 1. The zero-order valence-corrected chi connectivity index (χ0v) is 13.0. The lowest BCUT2D eigenvalue weighted by Crippen LogP contribution is -2.33. The molecule has 1 fully saturated rings. The third-order valence-corrected chi connectivity index (χ3v) is 3.39. The van der Waals surface area contributed by atoms with Crippen LogP contribution in [0.25, 0.3) is 0 Å². The summed E-state index contributed by atoms with van der Waals surface area (Å²) in [6, 6.07) is 5.56. The number of ether oxygens (including phenoxy) is 1. The van der Waals surface area contributed by atoms with Gasteiger partial charge in [0.25, 0.3) is 0 Å². The minimum absolute atomic E-state index is 0. The summed E-state index contributed by atoms with van der Waals surface area (Å²) in [5.41, 5.74) is 1.72. The summed E-state index contributed by atoms with van der Waals surface area (Å²) in [6.45, 7) is 3.78. The lowest BCUT2D eigenvalue weighted by atomic mass is 10.2. The van der Waals surface area contributed by atoms with Gasteiger partial charge in [-0.3, -0.25) is 4.79 Å². The molecule has 1 saturated heterocycles. The zero-order valence-electron chi connectivity index (χ0n) is 11.4.